The van der Waals surface area contributed by atoms with Crippen molar-refractivity contribution in [3.8, 4) is 11.4 Å². The minimum atomic E-state index is -0.593. The summed E-state index contributed by atoms with van der Waals surface area (Å²) in [5.74, 6) is -0.181. The molecule has 0 unspecified atom stereocenters. The van der Waals surface area contributed by atoms with Crippen LogP contribution >= 0.6 is 11.6 Å². The van der Waals surface area contributed by atoms with Crippen molar-refractivity contribution in [3.05, 3.63) is 68.3 Å². The van der Waals surface area contributed by atoms with Crippen LogP contribution in [-0.2, 0) is 0 Å². The van der Waals surface area contributed by atoms with E-state index in [2.05, 4.69) is 4.98 Å². The van der Waals surface area contributed by atoms with E-state index in [1.165, 1.54) is 12.1 Å². The van der Waals surface area contributed by atoms with Crippen molar-refractivity contribution < 1.29 is 5.11 Å². The largest absolute Gasteiger partial charge is 0.507 e. The summed E-state index contributed by atoms with van der Waals surface area (Å²) < 4.78 is 0.938. The molecule has 3 rings (SSSR count). The van der Waals surface area contributed by atoms with Crippen molar-refractivity contribution in [3.63, 3.8) is 0 Å². The molecule has 0 aliphatic heterocycles. The molecule has 100 valence electrons. The van der Waals surface area contributed by atoms with Crippen molar-refractivity contribution in [2.45, 2.75) is 0 Å². The number of aromatic nitrogens is 2. The number of benzene rings is 2. The first-order valence-corrected chi connectivity index (χ1v) is 6.19. The van der Waals surface area contributed by atoms with Crippen LogP contribution in [0.25, 0.3) is 16.6 Å². The summed E-state index contributed by atoms with van der Waals surface area (Å²) >= 11 is 5.87. The number of H-pyrrole nitrogens is 1. The van der Waals surface area contributed by atoms with Crippen LogP contribution in [0.15, 0.2) is 52.1 Å². The molecule has 20 heavy (non-hydrogen) atoms. The average molecular weight is 289 g/mol. The van der Waals surface area contributed by atoms with Gasteiger partial charge in [0.2, 0.25) is 0 Å². The molecular formula is C14H9ClN2O3. The number of nitrogens with zero attached hydrogens (tertiary/aromatic N) is 1. The van der Waals surface area contributed by atoms with E-state index in [1.54, 1.807) is 30.3 Å². The van der Waals surface area contributed by atoms with E-state index in [9.17, 15) is 14.7 Å². The zero-order chi connectivity index (χ0) is 14.3. The smallest absolute Gasteiger partial charge is 0.333 e. The van der Waals surface area contributed by atoms with Gasteiger partial charge in [-0.2, -0.15) is 0 Å². The Kier molecular flexibility index (Phi) is 2.84. The highest BCUT2D eigenvalue weighted by atomic mass is 35.5. The molecule has 1 heterocycles. The zero-order valence-corrected chi connectivity index (χ0v) is 10.9. The predicted molar refractivity (Wildman–Crippen MR) is 76.8 cm³/mol. The molecule has 0 amide bonds. The van der Waals surface area contributed by atoms with Crippen LogP contribution in [-0.4, -0.2) is 14.7 Å². The molecule has 6 heteroatoms. The third-order valence-corrected chi connectivity index (χ3v) is 3.21. The molecule has 3 aromatic rings. The van der Waals surface area contributed by atoms with Crippen LogP contribution < -0.4 is 11.2 Å². The molecule has 0 aliphatic rings. The molecule has 0 fully saturated rings. The second-order valence-electron chi connectivity index (χ2n) is 4.25. The fourth-order valence-corrected chi connectivity index (χ4v) is 2.28. The van der Waals surface area contributed by atoms with Crippen LogP contribution in [0.2, 0.25) is 5.02 Å². The van der Waals surface area contributed by atoms with E-state index in [-0.39, 0.29) is 11.1 Å². The van der Waals surface area contributed by atoms with Crippen molar-refractivity contribution in [2.75, 3.05) is 0 Å². The number of aromatic hydroxyl groups is 1. The lowest BCUT2D eigenvalue weighted by Crippen LogP contribution is -2.33. The lowest BCUT2D eigenvalue weighted by molar-refractivity contribution is 0.481. The van der Waals surface area contributed by atoms with Gasteiger partial charge >= 0.3 is 5.69 Å². The monoisotopic (exact) mass is 288 g/mol. The second-order valence-corrected chi connectivity index (χ2v) is 4.69. The first kappa shape index (κ1) is 12.5. The summed E-state index contributed by atoms with van der Waals surface area (Å²) in [6, 6.07) is 10.9. The van der Waals surface area contributed by atoms with Gasteiger partial charge in [0.1, 0.15) is 11.1 Å². The maximum Gasteiger partial charge on any atom is 0.333 e. The molecule has 0 saturated heterocycles. The van der Waals surface area contributed by atoms with Crippen LogP contribution in [0, 0.1) is 0 Å². The second kappa shape index (κ2) is 4.54. The normalized spacial score (nSPS) is 10.8. The van der Waals surface area contributed by atoms with Gasteiger partial charge < -0.3 is 10.1 Å². The van der Waals surface area contributed by atoms with E-state index in [4.69, 9.17) is 11.6 Å². The molecule has 0 spiro atoms. The van der Waals surface area contributed by atoms with Crippen LogP contribution in [0.3, 0.4) is 0 Å². The SMILES string of the molecule is O=c1[nH]c2cccc(O)c2c(=O)n1-c1cccc(Cl)c1. The Hall–Kier alpha value is -2.53. The Morgan fingerprint density at radius 3 is 2.60 bits per heavy atom. The molecule has 0 radical (unpaired) electrons. The van der Waals surface area contributed by atoms with Crippen LogP contribution in [0.1, 0.15) is 0 Å². The lowest BCUT2D eigenvalue weighted by Gasteiger charge is -2.07. The number of nitrogens with one attached hydrogen (secondary N) is 1. The molecule has 0 bridgehead atoms. The van der Waals surface area contributed by atoms with Crippen molar-refractivity contribution >= 4 is 22.5 Å². The van der Waals surface area contributed by atoms with Gasteiger partial charge in [-0.3, -0.25) is 4.79 Å². The first-order chi connectivity index (χ1) is 9.58. The highest BCUT2D eigenvalue weighted by molar-refractivity contribution is 6.30. The minimum absolute atomic E-state index is 0.0621. The topological polar surface area (TPSA) is 75.1 Å². The predicted octanol–water partition coefficient (Wildman–Crippen LogP) is 2.04. The molecule has 2 aromatic carbocycles. The van der Waals surface area contributed by atoms with Gasteiger partial charge in [0, 0.05) is 5.02 Å². The van der Waals surface area contributed by atoms with Gasteiger partial charge in [-0.25, -0.2) is 9.36 Å². The van der Waals surface area contributed by atoms with E-state index in [1.807, 2.05) is 0 Å². The van der Waals surface area contributed by atoms with Gasteiger partial charge in [-0.05, 0) is 30.3 Å². The lowest BCUT2D eigenvalue weighted by atomic mass is 10.2. The van der Waals surface area contributed by atoms with Crippen LogP contribution in [0.4, 0.5) is 0 Å². The molecule has 0 atom stereocenters. The quantitative estimate of drug-likeness (QED) is 0.719. The van der Waals surface area contributed by atoms with Crippen molar-refractivity contribution in [1.82, 2.24) is 9.55 Å². The third-order valence-electron chi connectivity index (χ3n) is 2.97. The maximum atomic E-state index is 12.4. The molecular weight excluding hydrogens is 280 g/mol. The summed E-state index contributed by atoms with van der Waals surface area (Å²) in [5, 5.41) is 10.3. The third kappa shape index (κ3) is 1.88. The summed E-state index contributed by atoms with van der Waals surface area (Å²) in [5.41, 5.74) is -0.549. The van der Waals surface area contributed by atoms with Crippen molar-refractivity contribution in [2.24, 2.45) is 0 Å². The first-order valence-electron chi connectivity index (χ1n) is 5.81. The van der Waals surface area contributed by atoms with Gasteiger partial charge in [-0.1, -0.05) is 23.7 Å². The highest BCUT2D eigenvalue weighted by Gasteiger charge is 2.12. The molecule has 5 nitrogen and oxygen atoms in total. The van der Waals surface area contributed by atoms with E-state index < -0.39 is 11.2 Å². The fraction of sp³-hybridized carbons (Fsp3) is 0. The van der Waals surface area contributed by atoms with E-state index >= 15 is 0 Å². The Labute approximate surface area is 117 Å². The van der Waals surface area contributed by atoms with Crippen molar-refractivity contribution in [1.29, 1.82) is 0 Å². The summed E-state index contributed by atoms with van der Waals surface area (Å²) in [6.07, 6.45) is 0. The Balaban J connectivity index is 2.46. The minimum Gasteiger partial charge on any atom is -0.507 e. The molecule has 0 saturated carbocycles. The Morgan fingerprint density at radius 1 is 1.10 bits per heavy atom. The standard InChI is InChI=1S/C14H9ClN2O3/c15-8-3-1-4-9(7-8)17-13(19)12-10(16-14(17)20)5-2-6-11(12)18/h1-7,18H,(H,16,20). The number of phenolic OH excluding ortho intramolecular Hbond substituents is 1. The Morgan fingerprint density at radius 2 is 1.85 bits per heavy atom. The van der Waals surface area contributed by atoms with E-state index in [0.29, 0.717) is 16.2 Å². The van der Waals surface area contributed by atoms with E-state index in [0.717, 1.165) is 4.57 Å². The molecule has 0 aliphatic carbocycles. The van der Waals surface area contributed by atoms with Gasteiger partial charge in [0.05, 0.1) is 11.2 Å². The highest BCUT2D eigenvalue weighted by Crippen LogP contribution is 2.19. The van der Waals surface area contributed by atoms with Crippen LogP contribution in [0.5, 0.6) is 5.75 Å². The molecule has 1 aromatic heterocycles. The number of hydrogen-bond acceptors (Lipinski definition) is 3. The average Bonchev–Trinajstić information content (AvgIpc) is 2.38. The number of aromatic amines is 1. The summed E-state index contributed by atoms with van der Waals surface area (Å²) in [7, 11) is 0. The number of halogens is 1. The molecule has 2 N–H and O–H groups in total. The number of hydrogen-bond donors (Lipinski definition) is 2. The summed E-state index contributed by atoms with van der Waals surface area (Å²) in [6.45, 7) is 0. The number of fused-ring (bicyclic) bond motifs is 1. The zero-order valence-electron chi connectivity index (χ0n) is 10.1. The maximum absolute atomic E-state index is 12.4. The summed E-state index contributed by atoms with van der Waals surface area (Å²) in [4.78, 5) is 27.0. The van der Waals surface area contributed by atoms with Gasteiger partial charge in [0.25, 0.3) is 5.56 Å². The Bertz CT molecular complexity index is 928. The van der Waals surface area contributed by atoms with Gasteiger partial charge in [-0.15, -0.1) is 0 Å². The number of phenols is 1. The van der Waals surface area contributed by atoms with Gasteiger partial charge in [0.15, 0.2) is 0 Å². The number of rotatable bonds is 1. The fourth-order valence-electron chi connectivity index (χ4n) is 2.09.